The Bertz CT molecular complexity index is 918. The Morgan fingerprint density at radius 2 is 1.75 bits per heavy atom. The van der Waals surface area contributed by atoms with Gasteiger partial charge in [-0.05, 0) is 32.3 Å². The van der Waals surface area contributed by atoms with Crippen LogP contribution in [0.15, 0.2) is 54.6 Å². The number of nitrogens with zero attached hydrogens (tertiary/aromatic N) is 3. The smallest absolute Gasteiger partial charge is 0.163 e. The van der Waals surface area contributed by atoms with Gasteiger partial charge < -0.3 is 20.3 Å². The van der Waals surface area contributed by atoms with Crippen LogP contribution >= 0.6 is 11.6 Å². The Kier molecular flexibility index (Phi) is 6.68. The second kappa shape index (κ2) is 9.39. The fourth-order valence-corrected chi connectivity index (χ4v) is 2.88. The maximum atomic E-state index is 6.24. The molecule has 6 nitrogen and oxygen atoms in total. The van der Waals surface area contributed by atoms with Crippen LogP contribution in [0.2, 0.25) is 5.02 Å². The minimum Gasteiger partial charge on any atom is -0.495 e. The van der Waals surface area contributed by atoms with Gasteiger partial charge in [0.15, 0.2) is 5.82 Å². The van der Waals surface area contributed by atoms with Gasteiger partial charge in [0.2, 0.25) is 0 Å². The molecule has 7 heteroatoms. The van der Waals surface area contributed by atoms with Crippen molar-refractivity contribution >= 4 is 28.9 Å². The second-order valence-corrected chi connectivity index (χ2v) is 6.94. The van der Waals surface area contributed by atoms with Crippen LogP contribution in [0.5, 0.6) is 5.75 Å². The van der Waals surface area contributed by atoms with Crippen molar-refractivity contribution in [2.45, 2.75) is 0 Å². The molecular formula is C21H24ClN5O. The van der Waals surface area contributed by atoms with E-state index in [-0.39, 0.29) is 0 Å². The van der Waals surface area contributed by atoms with E-state index in [1.165, 1.54) is 0 Å². The summed E-state index contributed by atoms with van der Waals surface area (Å²) < 4.78 is 5.21. The molecule has 3 aromatic rings. The van der Waals surface area contributed by atoms with Crippen LogP contribution in [0.3, 0.4) is 0 Å². The average Bonchev–Trinajstić information content (AvgIpc) is 2.68. The average molecular weight is 398 g/mol. The monoisotopic (exact) mass is 397 g/mol. The minimum atomic E-state index is 0.536. The molecule has 0 atom stereocenters. The number of aromatic nitrogens is 2. The van der Waals surface area contributed by atoms with Crippen molar-refractivity contribution in [1.29, 1.82) is 0 Å². The Labute approximate surface area is 170 Å². The van der Waals surface area contributed by atoms with Crippen LogP contribution in [0.4, 0.5) is 17.3 Å². The molecule has 0 spiro atoms. The molecule has 3 rings (SSSR count). The number of halogens is 1. The van der Waals surface area contributed by atoms with Crippen molar-refractivity contribution in [2.24, 2.45) is 0 Å². The van der Waals surface area contributed by atoms with Gasteiger partial charge in [-0.3, -0.25) is 0 Å². The standard InChI is InChI=1S/C21H24ClN5O/c1-27(2)12-11-23-19-14-20(24-16-9-10-18(28-3)17(22)13-16)26-21(25-19)15-7-5-4-6-8-15/h4-10,13-14H,11-12H2,1-3H3,(H2,23,24,25,26). The van der Waals surface area contributed by atoms with E-state index in [0.29, 0.717) is 22.4 Å². The summed E-state index contributed by atoms with van der Waals surface area (Å²) in [6.07, 6.45) is 0. The highest BCUT2D eigenvalue weighted by Crippen LogP contribution is 2.29. The molecule has 0 unspecified atom stereocenters. The Morgan fingerprint density at radius 3 is 2.43 bits per heavy atom. The third-order valence-corrected chi connectivity index (χ3v) is 4.34. The van der Waals surface area contributed by atoms with Crippen LogP contribution in [0, 0.1) is 0 Å². The highest BCUT2D eigenvalue weighted by Gasteiger charge is 2.09. The highest BCUT2D eigenvalue weighted by molar-refractivity contribution is 6.32. The maximum Gasteiger partial charge on any atom is 0.163 e. The van der Waals surface area contributed by atoms with Gasteiger partial charge in [0, 0.05) is 30.4 Å². The Balaban J connectivity index is 1.89. The fourth-order valence-electron chi connectivity index (χ4n) is 2.62. The van der Waals surface area contributed by atoms with Gasteiger partial charge in [0.1, 0.15) is 17.4 Å². The summed E-state index contributed by atoms with van der Waals surface area (Å²) in [4.78, 5) is 11.4. The molecule has 1 aromatic heterocycles. The lowest BCUT2D eigenvalue weighted by Crippen LogP contribution is -2.21. The first-order valence-corrected chi connectivity index (χ1v) is 9.36. The number of likely N-dealkylation sites (N-methyl/N-ethyl adjacent to an activating group) is 1. The minimum absolute atomic E-state index is 0.536. The summed E-state index contributed by atoms with van der Waals surface area (Å²) in [6, 6.07) is 17.3. The summed E-state index contributed by atoms with van der Waals surface area (Å²) in [5.41, 5.74) is 1.78. The van der Waals surface area contributed by atoms with Gasteiger partial charge in [-0.15, -0.1) is 0 Å². The summed E-state index contributed by atoms with van der Waals surface area (Å²) in [6.45, 7) is 1.69. The normalized spacial score (nSPS) is 10.8. The lowest BCUT2D eigenvalue weighted by atomic mass is 10.2. The van der Waals surface area contributed by atoms with E-state index in [1.807, 2.05) is 68.7 Å². The van der Waals surface area contributed by atoms with Gasteiger partial charge in [0.25, 0.3) is 0 Å². The number of ether oxygens (including phenoxy) is 1. The van der Waals surface area contributed by atoms with Crippen LogP contribution in [0.1, 0.15) is 0 Å². The number of methoxy groups -OCH3 is 1. The first-order valence-electron chi connectivity index (χ1n) is 8.99. The van der Waals surface area contributed by atoms with E-state index in [0.717, 1.165) is 30.2 Å². The van der Waals surface area contributed by atoms with E-state index in [4.69, 9.17) is 16.3 Å². The first-order chi connectivity index (χ1) is 13.5. The number of rotatable bonds is 8. The Hall–Kier alpha value is -2.83. The molecule has 0 amide bonds. The molecule has 0 aliphatic heterocycles. The van der Waals surface area contributed by atoms with E-state index < -0.39 is 0 Å². The fraction of sp³-hybridized carbons (Fsp3) is 0.238. The third-order valence-electron chi connectivity index (χ3n) is 4.05. The molecule has 0 aliphatic rings. The zero-order valence-electron chi connectivity index (χ0n) is 16.2. The molecule has 1 heterocycles. The number of nitrogens with one attached hydrogen (secondary N) is 2. The largest absolute Gasteiger partial charge is 0.495 e. The second-order valence-electron chi connectivity index (χ2n) is 6.53. The molecule has 0 fully saturated rings. The maximum absolute atomic E-state index is 6.24. The predicted octanol–water partition coefficient (Wildman–Crippen LogP) is 4.52. The van der Waals surface area contributed by atoms with Gasteiger partial charge in [0.05, 0.1) is 12.1 Å². The van der Waals surface area contributed by atoms with Crippen molar-refractivity contribution in [2.75, 3.05) is 44.9 Å². The lowest BCUT2D eigenvalue weighted by molar-refractivity contribution is 0.415. The summed E-state index contributed by atoms with van der Waals surface area (Å²) in [5.74, 6) is 2.73. The zero-order chi connectivity index (χ0) is 19.9. The van der Waals surface area contributed by atoms with Crippen molar-refractivity contribution in [1.82, 2.24) is 14.9 Å². The molecule has 146 valence electrons. The zero-order valence-corrected chi connectivity index (χ0v) is 17.0. The van der Waals surface area contributed by atoms with E-state index in [1.54, 1.807) is 7.11 Å². The quantitative estimate of drug-likeness (QED) is 0.582. The van der Waals surface area contributed by atoms with Crippen molar-refractivity contribution in [3.63, 3.8) is 0 Å². The molecule has 0 aliphatic carbocycles. The SMILES string of the molecule is COc1ccc(Nc2cc(NCCN(C)C)nc(-c3ccccc3)n2)cc1Cl. The van der Waals surface area contributed by atoms with Gasteiger partial charge in [-0.1, -0.05) is 41.9 Å². The van der Waals surface area contributed by atoms with Crippen LogP contribution in [-0.4, -0.2) is 49.2 Å². The molecule has 0 radical (unpaired) electrons. The lowest BCUT2D eigenvalue weighted by Gasteiger charge is -2.14. The summed E-state index contributed by atoms with van der Waals surface area (Å²) >= 11 is 6.24. The molecular weight excluding hydrogens is 374 g/mol. The van der Waals surface area contributed by atoms with Gasteiger partial charge in [-0.2, -0.15) is 0 Å². The number of anilines is 3. The number of benzene rings is 2. The predicted molar refractivity (Wildman–Crippen MR) is 116 cm³/mol. The van der Waals surface area contributed by atoms with E-state index in [2.05, 4.69) is 25.5 Å². The number of hydrogen-bond acceptors (Lipinski definition) is 6. The van der Waals surface area contributed by atoms with Crippen LogP contribution in [0.25, 0.3) is 11.4 Å². The molecule has 0 bridgehead atoms. The molecule has 28 heavy (non-hydrogen) atoms. The van der Waals surface area contributed by atoms with E-state index in [9.17, 15) is 0 Å². The molecule has 2 N–H and O–H groups in total. The van der Waals surface area contributed by atoms with Gasteiger partial charge in [-0.25, -0.2) is 9.97 Å². The van der Waals surface area contributed by atoms with Crippen molar-refractivity contribution < 1.29 is 4.74 Å². The summed E-state index contributed by atoms with van der Waals surface area (Å²) in [5, 5.41) is 7.20. The highest BCUT2D eigenvalue weighted by atomic mass is 35.5. The Morgan fingerprint density at radius 1 is 1.00 bits per heavy atom. The van der Waals surface area contributed by atoms with Crippen molar-refractivity contribution in [3.05, 3.63) is 59.6 Å². The summed E-state index contributed by atoms with van der Waals surface area (Å²) in [7, 11) is 5.67. The molecule has 2 aromatic carbocycles. The molecule has 0 saturated heterocycles. The van der Waals surface area contributed by atoms with Gasteiger partial charge >= 0.3 is 0 Å². The third kappa shape index (κ3) is 5.34. The van der Waals surface area contributed by atoms with Crippen molar-refractivity contribution in [3.8, 4) is 17.1 Å². The molecule has 0 saturated carbocycles. The van der Waals surface area contributed by atoms with Crippen LogP contribution in [-0.2, 0) is 0 Å². The first kappa shape index (κ1) is 19.9. The number of hydrogen-bond donors (Lipinski definition) is 2. The topological polar surface area (TPSA) is 62.3 Å². The van der Waals surface area contributed by atoms with E-state index >= 15 is 0 Å². The van der Waals surface area contributed by atoms with Crippen LogP contribution < -0.4 is 15.4 Å².